The number of nitrogens with one attached hydrogen (secondary N) is 1. The van der Waals surface area contributed by atoms with E-state index in [9.17, 15) is 4.79 Å². The Labute approximate surface area is 110 Å². The first kappa shape index (κ1) is 13.1. The highest BCUT2D eigenvalue weighted by Gasteiger charge is 2.24. The quantitative estimate of drug-likeness (QED) is 0.816. The van der Waals surface area contributed by atoms with Crippen LogP contribution in [-0.2, 0) is 14.3 Å². The predicted octanol–water partition coefficient (Wildman–Crippen LogP) is 1.66. The molecule has 1 heterocycles. The molecule has 0 saturated carbocycles. The van der Waals surface area contributed by atoms with Crippen molar-refractivity contribution in [2.24, 2.45) is 0 Å². The number of nitrogens with two attached hydrogens (primary N) is 1. The number of hydrogen-bond donors (Lipinski definition) is 2. The van der Waals surface area contributed by atoms with Crippen molar-refractivity contribution in [2.75, 3.05) is 24.3 Å². The van der Waals surface area contributed by atoms with Crippen LogP contribution in [0.4, 0.5) is 11.4 Å². The molecule has 0 bridgehead atoms. The monoisotopic (exact) mass is 270 g/mol. The molecule has 2 rings (SSSR count). The Morgan fingerprint density at radius 1 is 1.61 bits per heavy atom. The van der Waals surface area contributed by atoms with Crippen LogP contribution in [0.3, 0.4) is 0 Å². The number of nitrogen functional groups attached to an aromatic ring is 1. The van der Waals surface area contributed by atoms with Gasteiger partial charge in [-0.15, -0.1) is 0 Å². The summed E-state index contributed by atoms with van der Waals surface area (Å²) < 4.78 is 10.5. The SMILES string of the molecule is CC(OC1COC1)C(=O)Nc1ccc(Cl)c(N)c1. The normalized spacial score (nSPS) is 17.0. The molecule has 0 aromatic heterocycles. The van der Waals surface area contributed by atoms with E-state index < -0.39 is 6.10 Å². The zero-order valence-electron chi connectivity index (χ0n) is 9.98. The van der Waals surface area contributed by atoms with Gasteiger partial charge in [0.25, 0.3) is 5.91 Å². The minimum atomic E-state index is -0.532. The highest BCUT2D eigenvalue weighted by molar-refractivity contribution is 6.33. The Kier molecular flexibility index (Phi) is 4.06. The average Bonchev–Trinajstić information content (AvgIpc) is 2.28. The van der Waals surface area contributed by atoms with Crippen LogP contribution in [0.1, 0.15) is 6.92 Å². The van der Waals surface area contributed by atoms with E-state index in [0.29, 0.717) is 29.6 Å². The molecule has 1 aromatic rings. The van der Waals surface area contributed by atoms with Crippen molar-refractivity contribution < 1.29 is 14.3 Å². The molecule has 3 N–H and O–H groups in total. The van der Waals surface area contributed by atoms with E-state index in [1.807, 2.05) is 0 Å². The lowest BCUT2D eigenvalue weighted by Gasteiger charge is -2.28. The Balaban J connectivity index is 1.90. The van der Waals surface area contributed by atoms with Crippen molar-refractivity contribution in [2.45, 2.75) is 19.1 Å². The largest absolute Gasteiger partial charge is 0.397 e. The van der Waals surface area contributed by atoms with Gasteiger partial charge in [0, 0.05) is 5.69 Å². The Hall–Kier alpha value is -1.30. The van der Waals surface area contributed by atoms with Crippen molar-refractivity contribution >= 4 is 28.9 Å². The topological polar surface area (TPSA) is 73.6 Å². The molecule has 98 valence electrons. The lowest BCUT2D eigenvalue weighted by atomic mass is 10.2. The predicted molar refractivity (Wildman–Crippen MR) is 69.6 cm³/mol. The van der Waals surface area contributed by atoms with Crippen LogP contribution in [0.2, 0.25) is 5.02 Å². The first-order chi connectivity index (χ1) is 8.56. The van der Waals surface area contributed by atoms with E-state index in [0.717, 1.165) is 0 Å². The summed E-state index contributed by atoms with van der Waals surface area (Å²) in [6.45, 7) is 2.80. The second-order valence-electron chi connectivity index (χ2n) is 4.16. The van der Waals surface area contributed by atoms with Gasteiger partial charge in [0.1, 0.15) is 12.2 Å². The van der Waals surface area contributed by atoms with Crippen molar-refractivity contribution in [1.29, 1.82) is 0 Å². The second kappa shape index (κ2) is 5.56. The van der Waals surface area contributed by atoms with Gasteiger partial charge in [0.15, 0.2) is 0 Å². The van der Waals surface area contributed by atoms with Crippen LogP contribution < -0.4 is 11.1 Å². The minimum Gasteiger partial charge on any atom is -0.397 e. The molecule has 18 heavy (non-hydrogen) atoms. The number of carbonyl (C=O) groups excluding carboxylic acids is 1. The molecule has 1 aromatic carbocycles. The molecular formula is C12H15ClN2O3. The molecule has 1 amide bonds. The summed E-state index contributed by atoms with van der Waals surface area (Å²) in [6, 6.07) is 4.94. The number of benzene rings is 1. The van der Waals surface area contributed by atoms with Crippen LogP contribution >= 0.6 is 11.6 Å². The summed E-state index contributed by atoms with van der Waals surface area (Å²) in [5, 5.41) is 3.18. The number of ether oxygens (including phenoxy) is 2. The van der Waals surface area contributed by atoms with Crippen molar-refractivity contribution in [3.63, 3.8) is 0 Å². The summed E-state index contributed by atoms with van der Waals surface area (Å²) in [5.41, 5.74) is 6.68. The van der Waals surface area contributed by atoms with Gasteiger partial charge in [-0.1, -0.05) is 11.6 Å². The second-order valence-corrected chi connectivity index (χ2v) is 4.57. The van der Waals surface area contributed by atoms with Crippen LogP contribution in [0.15, 0.2) is 18.2 Å². The third kappa shape index (κ3) is 3.13. The first-order valence-electron chi connectivity index (χ1n) is 5.65. The van der Waals surface area contributed by atoms with E-state index in [-0.39, 0.29) is 12.0 Å². The fourth-order valence-corrected chi connectivity index (χ4v) is 1.63. The number of rotatable bonds is 4. The van der Waals surface area contributed by atoms with E-state index in [1.54, 1.807) is 25.1 Å². The Bertz CT molecular complexity index is 449. The maximum atomic E-state index is 11.8. The fourth-order valence-electron chi connectivity index (χ4n) is 1.51. The smallest absolute Gasteiger partial charge is 0.253 e. The number of amides is 1. The van der Waals surface area contributed by atoms with E-state index in [4.69, 9.17) is 26.8 Å². The number of carbonyl (C=O) groups is 1. The minimum absolute atomic E-state index is 0.0148. The zero-order valence-corrected chi connectivity index (χ0v) is 10.7. The van der Waals surface area contributed by atoms with Gasteiger partial charge < -0.3 is 20.5 Å². The molecular weight excluding hydrogens is 256 g/mol. The number of halogens is 1. The molecule has 1 aliphatic rings. The van der Waals surface area contributed by atoms with Crippen LogP contribution in [0, 0.1) is 0 Å². The lowest BCUT2D eigenvalue weighted by Crippen LogP contribution is -2.41. The lowest BCUT2D eigenvalue weighted by molar-refractivity contribution is -0.161. The Morgan fingerprint density at radius 3 is 2.89 bits per heavy atom. The van der Waals surface area contributed by atoms with Gasteiger partial charge in [0.2, 0.25) is 0 Å². The molecule has 5 nitrogen and oxygen atoms in total. The first-order valence-corrected chi connectivity index (χ1v) is 6.03. The third-order valence-corrected chi connectivity index (χ3v) is 2.98. The van der Waals surface area contributed by atoms with Crippen molar-refractivity contribution in [1.82, 2.24) is 0 Å². The average molecular weight is 271 g/mol. The van der Waals surface area contributed by atoms with Crippen molar-refractivity contribution in [3.8, 4) is 0 Å². The molecule has 0 radical (unpaired) electrons. The van der Waals surface area contributed by atoms with Gasteiger partial charge in [0.05, 0.1) is 23.9 Å². The summed E-state index contributed by atoms with van der Waals surface area (Å²) in [5.74, 6) is -0.219. The molecule has 1 aliphatic heterocycles. The van der Waals surface area contributed by atoms with Gasteiger partial charge in [-0.25, -0.2) is 0 Å². The van der Waals surface area contributed by atoms with Gasteiger partial charge >= 0.3 is 0 Å². The molecule has 1 fully saturated rings. The fraction of sp³-hybridized carbons (Fsp3) is 0.417. The summed E-state index contributed by atoms with van der Waals surface area (Å²) >= 11 is 5.80. The van der Waals surface area contributed by atoms with E-state index in [2.05, 4.69) is 5.32 Å². The third-order valence-electron chi connectivity index (χ3n) is 2.64. The standard InChI is InChI=1S/C12H15ClN2O3/c1-7(18-9-5-17-6-9)12(16)15-8-2-3-10(13)11(14)4-8/h2-4,7,9H,5-6,14H2,1H3,(H,15,16). The van der Waals surface area contributed by atoms with Gasteiger partial charge in [-0.05, 0) is 25.1 Å². The van der Waals surface area contributed by atoms with Crippen LogP contribution in [0.25, 0.3) is 0 Å². The molecule has 1 unspecified atom stereocenters. The van der Waals surface area contributed by atoms with E-state index in [1.165, 1.54) is 0 Å². The molecule has 1 atom stereocenters. The zero-order chi connectivity index (χ0) is 13.1. The molecule has 6 heteroatoms. The molecule has 1 saturated heterocycles. The van der Waals surface area contributed by atoms with Crippen LogP contribution in [0.5, 0.6) is 0 Å². The summed E-state index contributed by atoms with van der Waals surface area (Å²) in [6.07, 6.45) is -0.517. The number of hydrogen-bond acceptors (Lipinski definition) is 4. The molecule has 0 aliphatic carbocycles. The highest BCUT2D eigenvalue weighted by Crippen LogP contribution is 2.22. The maximum Gasteiger partial charge on any atom is 0.253 e. The van der Waals surface area contributed by atoms with Crippen molar-refractivity contribution in [3.05, 3.63) is 23.2 Å². The maximum absolute atomic E-state index is 11.8. The van der Waals surface area contributed by atoms with Gasteiger partial charge in [-0.2, -0.15) is 0 Å². The van der Waals surface area contributed by atoms with Gasteiger partial charge in [-0.3, -0.25) is 4.79 Å². The van der Waals surface area contributed by atoms with Crippen LogP contribution in [-0.4, -0.2) is 31.3 Å². The summed E-state index contributed by atoms with van der Waals surface area (Å²) in [7, 11) is 0. The molecule has 0 spiro atoms. The Morgan fingerprint density at radius 2 is 2.33 bits per heavy atom. The van der Waals surface area contributed by atoms with E-state index >= 15 is 0 Å². The number of anilines is 2. The highest BCUT2D eigenvalue weighted by atomic mass is 35.5. The summed E-state index contributed by atoms with van der Waals surface area (Å²) in [4.78, 5) is 11.8.